The van der Waals surface area contributed by atoms with Crippen molar-refractivity contribution in [3.8, 4) is 33.4 Å². The van der Waals surface area contributed by atoms with Gasteiger partial charge in [-0.3, -0.25) is 4.40 Å². The van der Waals surface area contributed by atoms with Crippen LogP contribution in [0.2, 0.25) is 0 Å². The second-order valence-corrected chi connectivity index (χ2v) is 15.9. The van der Waals surface area contributed by atoms with Crippen LogP contribution in [0.15, 0.2) is 119 Å². The normalized spacial score (nSPS) is 13.7. The molecule has 2 nitrogen and oxygen atoms in total. The van der Waals surface area contributed by atoms with Gasteiger partial charge in [-0.2, -0.15) is 0 Å². The molecule has 2 aromatic heterocycles. The first kappa shape index (κ1) is 29.5. The number of aromatic nitrogens is 2. The van der Waals surface area contributed by atoms with Gasteiger partial charge in [-0.15, -0.1) is 0 Å². The summed E-state index contributed by atoms with van der Waals surface area (Å²) >= 11 is 3.72. The van der Waals surface area contributed by atoms with Crippen molar-refractivity contribution in [3.63, 3.8) is 0 Å². The molecule has 234 valence electrons. The molecule has 6 aromatic carbocycles. The number of benzene rings is 6. The average Bonchev–Trinajstić information content (AvgIpc) is 3.62. The van der Waals surface area contributed by atoms with Crippen LogP contribution in [0, 0.1) is 27.7 Å². The predicted octanol–water partition coefficient (Wildman–Crippen LogP) is 12.7. The van der Waals surface area contributed by atoms with Crippen molar-refractivity contribution in [2.75, 3.05) is 0 Å². The van der Waals surface area contributed by atoms with Crippen molar-refractivity contribution < 1.29 is 0 Å². The van der Waals surface area contributed by atoms with Crippen molar-refractivity contribution >= 4 is 49.3 Å². The van der Waals surface area contributed by atoms with E-state index in [1.54, 1.807) is 11.3 Å². The number of aryl methyl sites for hydroxylation is 4. The molecule has 0 fully saturated rings. The zero-order valence-corrected chi connectivity index (χ0v) is 29.7. The van der Waals surface area contributed by atoms with E-state index in [1.165, 1.54) is 86.8 Å². The topological polar surface area (TPSA) is 17.3 Å². The van der Waals surface area contributed by atoms with Crippen LogP contribution in [0.5, 0.6) is 0 Å². The number of hydrogen-bond acceptors (Lipinski definition) is 3. The number of rotatable bonds is 3. The molecule has 0 saturated heterocycles. The predicted molar refractivity (Wildman–Crippen MR) is 206 cm³/mol. The van der Waals surface area contributed by atoms with Crippen molar-refractivity contribution in [1.29, 1.82) is 0 Å². The SMILES string of the molecule is Cc1ccc(-c2c(C)ccc3c2Sc2ccccc2C3(C)C)cc1-c1cc(-c2c(C)ccc3c2sc2nc4ccccc4n23)ccc1C. The Balaban J connectivity index is 1.21. The summed E-state index contributed by atoms with van der Waals surface area (Å²) in [5.74, 6) is 0. The van der Waals surface area contributed by atoms with Gasteiger partial charge in [0.1, 0.15) is 0 Å². The minimum atomic E-state index is -0.0629. The third-order valence-electron chi connectivity index (χ3n) is 10.5. The van der Waals surface area contributed by atoms with Crippen molar-refractivity contribution in [2.45, 2.75) is 56.7 Å². The van der Waals surface area contributed by atoms with E-state index in [-0.39, 0.29) is 5.41 Å². The Morgan fingerprint density at radius 3 is 1.98 bits per heavy atom. The molecule has 0 saturated carbocycles. The maximum absolute atomic E-state index is 4.99. The lowest BCUT2D eigenvalue weighted by atomic mass is 9.76. The molecule has 0 bridgehead atoms. The van der Waals surface area contributed by atoms with Crippen LogP contribution in [0.25, 0.3) is 59.6 Å². The van der Waals surface area contributed by atoms with E-state index in [2.05, 4.69) is 155 Å². The van der Waals surface area contributed by atoms with E-state index in [1.807, 2.05) is 11.8 Å². The summed E-state index contributed by atoms with van der Waals surface area (Å²) in [6.45, 7) is 13.7. The van der Waals surface area contributed by atoms with Crippen LogP contribution >= 0.6 is 23.1 Å². The molecule has 0 unspecified atom stereocenters. The summed E-state index contributed by atoms with van der Waals surface area (Å²) in [6.07, 6.45) is 0. The fourth-order valence-electron chi connectivity index (χ4n) is 7.81. The lowest BCUT2D eigenvalue weighted by Crippen LogP contribution is -2.24. The zero-order chi connectivity index (χ0) is 32.9. The highest BCUT2D eigenvalue weighted by atomic mass is 32.2. The monoisotopic (exact) mass is 656 g/mol. The Morgan fingerprint density at radius 2 is 1.21 bits per heavy atom. The highest BCUT2D eigenvalue weighted by Crippen LogP contribution is 2.53. The fourth-order valence-corrected chi connectivity index (χ4v) is 10.7. The van der Waals surface area contributed by atoms with Gasteiger partial charge in [-0.05, 0) is 125 Å². The number of fused-ring (bicyclic) bond motifs is 7. The smallest absolute Gasteiger partial charge is 0.195 e. The molecule has 9 rings (SSSR count). The third kappa shape index (κ3) is 4.29. The van der Waals surface area contributed by atoms with Gasteiger partial charge in [0.05, 0.1) is 21.3 Å². The first-order valence-corrected chi connectivity index (χ1v) is 18.3. The van der Waals surface area contributed by atoms with E-state index in [0.29, 0.717) is 0 Å². The summed E-state index contributed by atoms with van der Waals surface area (Å²) in [5.41, 5.74) is 19.1. The molecule has 48 heavy (non-hydrogen) atoms. The van der Waals surface area contributed by atoms with E-state index >= 15 is 0 Å². The summed E-state index contributed by atoms with van der Waals surface area (Å²) < 4.78 is 3.61. The van der Waals surface area contributed by atoms with Crippen molar-refractivity contribution in [3.05, 3.63) is 143 Å². The van der Waals surface area contributed by atoms with Crippen LogP contribution < -0.4 is 0 Å². The zero-order valence-electron chi connectivity index (χ0n) is 28.1. The standard InChI is InChI=1S/C44H36N2S2/c1-25-15-19-29(39-27(3)17-21-34-41(39)47-38-14-10-7-11-33(38)44(34,5)6)23-31(25)32-24-30(20-16-26(32)2)40-28(4)18-22-37-42(40)48-43-45-35-12-8-9-13-36(35)46(37)43/h7-24H,1-6H3. The number of imidazole rings is 1. The summed E-state index contributed by atoms with van der Waals surface area (Å²) in [6, 6.07) is 40.6. The second-order valence-electron chi connectivity index (χ2n) is 13.8. The maximum atomic E-state index is 4.99. The number of para-hydroxylation sites is 2. The van der Waals surface area contributed by atoms with Crippen LogP contribution in [0.4, 0.5) is 0 Å². The maximum Gasteiger partial charge on any atom is 0.195 e. The van der Waals surface area contributed by atoms with E-state index in [9.17, 15) is 0 Å². The molecule has 0 N–H and O–H groups in total. The second kappa shape index (κ2) is 10.7. The molecule has 4 heteroatoms. The average molecular weight is 657 g/mol. The molecule has 8 aromatic rings. The van der Waals surface area contributed by atoms with Gasteiger partial charge in [-0.25, -0.2) is 4.98 Å². The Morgan fingerprint density at radius 1 is 0.583 bits per heavy atom. The highest BCUT2D eigenvalue weighted by Gasteiger charge is 2.34. The van der Waals surface area contributed by atoms with E-state index < -0.39 is 0 Å². The molecule has 1 aliphatic heterocycles. The van der Waals surface area contributed by atoms with E-state index in [4.69, 9.17) is 4.98 Å². The third-order valence-corrected chi connectivity index (χ3v) is 12.7. The minimum Gasteiger partial charge on any atom is -0.283 e. The molecule has 0 aliphatic carbocycles. The van der Waals surface area contributed by atoms with Crippen LogP contribution in [-0.4, -0.2) is 9.38 Å². The van der Waals surface area contributed by atoms with E-state index in [0.717, 1.165) is 16.0 Å². The number of thiazole rings is 1. The fraction of sp³-hybridized carbons (Fsp3) is 0.159. The molecule has 0 atom stereocenters. The van der Waals surface area contributed by atoms with Gasteiger partial charge < -0.3 is 0 Å². The summed E-state index contributed by atoms with van der Waals surface area (Å²) in [4.78, 5) is 8.77. The van der Waals surface area contributed by atoms with Gasteiger partial charge in [0.2, 0.25) is 0 Å². The van der Waals surface area contributed by atoms with Gasteiger partial charge in [0.15, 0.2) is 4.96 Å². The molecule has 1 aliphatic rings. The van der Waals surface area contributed by atoms with Crippen LogP contribution in [0.1, 0.15) is 47.2 Å². The van der Waals surface area contributed by atoms with Crippen LogP contribution in [-0.2, 0) is 5.41 Å². The van der Waals surface area contributed by atoms with Gasteiger partial charge in [0, 0.05) is 20.8 Å². The van der Waals surface area contributed by atoms with Crippen LogP contribution in [0.3, 0.4) is 0 Å². The van der Waals surface area contributed by atoms with Gasteiger partial charge in [-0.1, -0.05) is 110 Å². The Bertz CT molecular complexity index is 2620. The molecule has 0 amide bonds. The Hall–Kier alpha value is -4.64. The Kier molecular flexibility index (Phi) is 6.56. The van der Waals surface area contributed by atoms with Gasteiger partial charge in [0.25, 0.3) is 0 Å². The first-order chi connectivity index (χ1) is 23.2. The van der Waals surface area contributed by atoms with Gasteiger partial charge >= 0.3 is 0 Å². The molecular formula is C44H36N2S2. The lowest BCUT2D eigenvalue weighted by Gasteiger charge is -2.36. The molecule has 3 heterocycles. The first-order valence-electron chi connectivity index (χ1n) is 16.6. The van der Waals surface area contributed by atoms with Crippen molar-refractivity contribution in [2.24, 2.45) is 0 Å². The highest BCUT2D eigenvalue weighted by molar-refractivity contribution is 7.99. The summed E-state index contributed by atoms with van der Waals surface area (Å²) in [7, 11) is 0. The Labute approximate surface area is 290 Å². The quantitative estimate of drug-likeness (QED) is 0.188. The lowest BCUT2D eigenvalue weighted by molar-refractivity contribution is 0.607. The minimum absolute atomic E-state index is 0.0629. The number of hydrogen-bond donors (Lipinski definition) is 0. The summed E-state index contributed by atoms with van der Waals surface area (Å²) in [5, 5.41) is 0. The largest absolute Gasteiger partial charge is 0.283 e. The number of nitrogens with zero attached hydrogens (tertiary/aromatic N) is 2. The molecule has 0 spiro atoms. The van der Waals surface area contributed by atoms with Crippen molar-refractivity contribution in [1.82, 2.24) is 9.38 Å². The molecular weight excluding hydrogens is 621 g/mol. The molecule has 0 radical (unpaired) electrons.